The van der Waals surface area contributed by atoms with Gasteiger partial charge in [-0.05, 0) is 80.7 Å². The lowest BCUT2D eigenvalue weighted by molar-refractivity contribution is -0.153. The molecule has 0 saturated heterocycles. The number of carbonyl (C=O) groups excluding carboxylic acids is 1. The second-order valence-electron chi connectivity index (χ2n) is 9.42. The van der Waals surface area contributed by atoms with E-state index in [1.807, 2.05) is 0 Å². The van der Waals surface area contributed by atoms with Crippen LogP contribution in [0.2, 0.25) is 13.1 Å². The van der Waals surface area contributed by atoms with Gasteiger partial charge >= 0.3 is 5.97 Å². The van der Waals surface area contributed by atoms with Gasteiger partial charge in [0.15, 0.2) is 0 Å². The largest absolute Gasteiger partial charge is 0.463 e. The van der Waals surface area contributed by atoms with Crippen molar-refractivity contribution in [3.8, 4) is 0 Å². The first-order chi connectivity index (χ1) is 11.1. The average Bonchev–Trinajstić information content (AvgIpc) is 2.47. The predicted octanol–water partition coefficient (Wildman–Crippen LogP) is 5.21. The fourth-order valence-corrected chi connectivity index (χ4v) is 5.44. The van der Waals surface area contributed by atoms with Gasteiger partial charge < -0.3 is 9.16 Å². The summed E-state index contributed by atoms with van der Waals surface area (Å²) in [6.07, 6.45) is 8.66. The molecule has 0 N–H and O–H groups in total. The monoisotopic (exact) mass is 353 g/mol. The second-order valence-corrected chi connectivity index (χ2v) is 11.5. The van der Waals surface area contributed by atoms with Gasteiger partial charge in [0.1, 0.15) is 6.10 Å². The van der Waals surface area contributed by atoms with Crippen molar-refractivity contribution in [3.05, 3.63) is 0 Å². The van der Waals surface area contributed by atoms with Gasteiger partial charge in [0.2, 0.25) is 9.04 Å². The molecule has 1 radical (unpaired) electrons. The van der Waals surface area contributed by atoms with E-state index in [0.29, 0.717) is 16.7 Å². The summed E-state index contributed by atoms with van der Waals surface area (Å²) in [5.41, 5.74) is 0.848. The lowest BCUT2D eigenvalue weighted by atomic mass is 9.55. The smallest absolute Gasteiger partial charge is 0.302 e. The minimum absolute atomic E-state index is 0.103. The van der Waals surface area contributed by atoms with E-state index in [1.54, 1.807) is 0 Å². The molecule has 24 heavy (non-hydrogen) atoms. The lowest BCUT2D eigenvalue weighted by Gasteiger charge is -2.51. The number of carbonyl (C=O) groups is 1. The highest BCUT2D eigenvalue weighted by Gasteiger charge is 2.47. The van der Waals surface area contributed by atoms with Crippen molar-refractivity contribution >= 4 is 15.0 Å². The van der Waals surface area contributed by atoms with Crippen molar-refractivity contribution in [3.63, 3.8) is 0 Å². The zero-order valence-corrected chi connectivity index (χ0v) is 17.6. The maximum atomic E-state index is 11.4. The number of ether oxygens (including phenoxy) is 1. The molecular formula is C20H37O3Si. The van der Waals surface area contributed by atoms with Crippen LogP contribution in [0.3, 0.4) is 0 Å². The molecule has 1 spiro atoms. The molecule has 0 aliphatic heterocycles. The quantitative estimate of drug-likeness (QED) is 0.514. The van der Waals surface area contributed by atoms with E-state index >= 15 is 0 Å². The first kappa shape index (κ1) is 20.0. The van der Waals surface area contributed by atoms with Crippen LogP contribution >= 0.6 is 0 Å². The van der Waals surface area contributed by atoms with E-state index < -0.39 is 9.04 Å². The number of rotatable bonds is 4. The molecule has 2 aliphatic carbocycles. The molecule has 0 aromatic carbocycles. The Morgan fingerprint density at radius 2 is 1.71 bits per heavy atom. The molecule has 0 bridgehead atoms. The van der Waals surface area contributed by atoms with Crippen molar-refractivity contribution in [1.29, 1.82) is 0 Å². The van der Waals surface area contributed by atoms with E-state index in [-0.39, 0.29) is 12.1 Å². The molecule has 2 rings (SSSR count). The highest BCUT2D eigenvalue weighted by Crippen LogP contribution is 2.55. The Bertz CT molecular complexity index is 419. The van der Waals surface area contributed by atoms with Crippen molar-refractivity contribution in [2.45, 2.75) is 91.8 Å². The van der Waals surface area contributed by atoms with Crippen LogP contribution < -0.4 is 0 Å². The summed E-state index contributed by atoms with van der Waals surface area (Å²) >= 11 is 0. The molecule has 139 valence electrons. The Balaban J connectivity index is 2.05. The summed E-state index contributed by atoms with van der Waals surface area (Å²) in [5, 5.41) is 0. The fraction of sp³-hybridized carbons (Fsp3) is 0.950. The Hall–Kier alpha value is -0.353. The van der Waals surface area contributed by atoms with Crippen LogP contribution in [0.25, 0.3) is 0 Å². The molecule has 2 fully saturated rings. The van der Waals surface area contributed by atoms with Crippen LogP contribution in [0.5, 0.6) is 0 Å². The molecule has 0 amide bonds. The second kappa shape index (κ2) is 7.90. The normalized spacial score (nSPS) is 34.5. The van der Waals surface area contributed by atoms with E-state index in [0.717, 1.165) is 25.4 Å². The lowest BCUT2D eigenvalue weighted by Crippen LogP contribution is -2.45. The minimum atomic E-state index is -0.669. The molecular weight excluding hydrogens is 316 g/mol. The number of esters is 1. The van der Waals surface area contributed by atoms with Crippen LogP contribution in [0.15, 0.2) is 0 Å². The third kappa shape index (κ3) is 5.07. The third-order valence-corrected chi connectivity index (χ3v) is 7.23. The van der Waals surface area contributed by atoms with Gasteiger partial charge in [-0.1, -0.05) is 20.8 Å². The maximum absolute atomic E-state index is 11.4. The molecule has 2 saturated carbocycles. The van der Waals surface area contributed by atoms with Crippen molar-refractivity contribution in [2.75, 3.05) is 6.61 Å². The molecule has 2 atom stereocenters. The van der Waals surface area contributed by atoms with E-state index in [1.165, 1.54) is 39.0 Å². The van der Waals surface area contributed by atoms with Crippen LogP contribution in [0, 0.1) is 22.7 Å². The van der Waals surface area contributed by atoms with Gasteiger partial charge in [-0.25, -0.2) is 0 Å². The van der Waals surface area contributed by atoms with Gasteiger partial charge in [-0.15, -0.1) is 0 Å². The highest BCUT2D eigenvalue weighted by molar-refractivity contribution is 6.48. The molecule has 0 aromatic rings. The molecule has 3 nitrogen and oxygen atoms in total. The summed E-state index contributed by atoms with van der Waals surface area (Å²) in [4.78, 5) is 11.4. The van der Waals surface area contributed by atoms with Crippen molar-refractivity contribution < 1.29 is 14.0 Å². The van der Waals surface area contributed by atoms with Crippen LogP contribution in [0.4, 0.5) is 0 Å². The minimum Gasteiger partial charge on any atom is -0.463 e. The van der Waals surface area contributed by atoms with Gasteiger partial charge in [0.05, 0.1) is 0 Å². The zero-order valence-electron chi connectivity index (χ0n) is 16.6. The van der Waals surface area contributed by atoms with Gasteiger partial charge in [0, 0.05) is 13.5 Å². The van der Waals surface area contributed by atoms with Crippen molar-refractivity contribution in [2.24, 2.45) is 22.7 Å². The average molecular weight is 354 g/mol. The highest BCUT2D eigenvalue weighted by atomic mass is 28.3. The summed E-state index contributed by atoms with van der Waals surface area (Å²) in [6, 6.07) is 0. The Morgan fingerprint density at radius 3 is 2.21 bits per heavy atom. The Kier molecular flexibility index (Phi) is 6.57. The van der Waals surface area contributed by atoms with Crippen molar-refractivity contribution in [1.82, 2.24) is 0 Å². The predicted molar refractivity (Wildman–Crippen MR) is 100 cm³/mol. The summed E-state index contributed by atoms with van der Waals surface area (Å²) in [5.74, 6) is 1.26. The first-order valence-electron chi connectivity index (χ1n) is 9.72. The third-order valence-electron chi connectivity index (χ3n) is 6.49. The van der Waals surface area contributed by atoms with E-state index in [9.17, 15) is 4.79 Å². The fourth-order valence-electron chi connectivity index (χ4n) is 4.91. The zero-order chi connectivity index (χ0) is 18.0. The van der Waals surface area contributed by atoms with Crippen LogP contribution in [-0.4, -0.2) is 27.7 Å². The summed E-state index contributed by atoms with van der Waals surface area (Å²) in [7, 11) is -0.669. The standard InChI is InChI=1S/C20H37O3Si/c1-15(21)23-18-9-12-20(17(13-18)14-22-24(5)6)10-7-16(8-11-20)19(2,3)4/h16-18H,7-14H2,1-6H3. The molecule has 4 heteroatoms. The van der Waals surface area contributed by atoms with Gasteiger partial charge in [0.25, 0.3) is 0 Å². The number of hydrogen-bond acceptors (Lipinski definition) is 3. The summed E-state index contributed by atoms with van der Waals surface area (Å²) in [6.45, 7) is 14.0. The Morgan fingerprint density at radius 1 is 1.12 bits per heavy atom. The van der Waals surface area contributed by atoms with Crippen LogP contribution in [-0.2, 0) is 14.0 Å². The van der Waals surface area contributed by atoms with Gasteiger partial charge in [-0.3, -0.25) is 4.79 Å². The molecule has 2 unspecified atom stereocenters. The maximum Gasteiger partial charge on any atom is 0.302 e. The van der Waals surface area contributed by atoms with E-state index in [4.69, 9.17) is 9.16 Å². The SMILES string of the molecule is CC(=O)OC1CCC2(CCC(C(C)(C)C)CC2)C(CO[Si](C)C)C1. The van der Waals surface area contributed by atoms with E-state index in [2.05, 4.69) is 33.9 Å². The van der Waals surface area contributed by atoms with Crippen LogP contribution in [0.1, 0.15) is 72.6 Å². The Labute approximate surface area is 150 Å². The summed E-state index contributed by atoms with van der Waals surface area (Å²) < 4.78 is 11.7. The first-order valence-corrected chi connectivity index (χ1v) is 12.1. The molecule has 2 aliphatic rings. The molecule has 0 heterocycles. The number of hydrogen-bond donors (Lipinski definition) is 0. The molecule has 0 aromatic heterocycles. The van der Waals surface area contributed by atoms with Gasteiger partial charge in [-0.2, -0.15) is 0 Å². The topological polar surface area (TPSA) is 35.5 Å².